The average Bonchev–Trinajstić information content (AvgIpc) is 3.16. The molecule has 4 saturated carbocycles. The normalized spacial score (nSPS) is 41.8. The lowest BCUT2D eigenvalue weighted by Crippen LogP contribution is -2.58. The van der Waals surface area contributed by atoms with E-state index in [0.717, 1.165) is 25.2 Å². The molecule has 0 aromatic carbocycles. The number of ether oxygens (including phenoxy) is 1. The first-order chi connectivity index (χ1) is 15.3. The van der Waals surface area contributed by atoms with Gasteiger partial charge in [0.15, 0.2) is 0 Å². The molecule has 7 nitrogen and oxygen atoms in total. The van der Waals surface area contributed by atoms with Crippen LogP contribution < -0.4 is 11.1 Å². The maximum absolute atomic E-state index is 12.5. The van der Waals surface area contributed by atoms with Gasteiger partial charge in [0.05, 0.1) is 12.5 Å². The van der Waals surface area contributed by atoms with Crippen molar-refractivity contribution in [2.75, 3.05) is 19.7 Å². The summed E-state index contributed by atoms with van der Waals surface area (Å²) in [5, 5.41) is 22.5. The maximum atomic E-state index is 12.5. The van der Waals surface area contributed by atoms with Crippen molar-refractivity contribution in [1.29, 1.82) is 0 Å². The highest BCUT2D eigenvalue weighted by Crippen LogP contribution is 2.69. The summed E-state index contributed by atoms with van der Waals surface area (Å²) >= 11 is 0. The van der Waals surface area contributed by atoms with Crippen LogP contribution in [0.15, 0.2) is 0 Å². The molecule has 1 amide bonds. The second kappa shape index (κ2) is 9.49. The number of aliphatic hydroxyl groups is 1. The summed E-state index contributed by atoms with van der Waals surface area (Å²) in [6, 6.07) is 0. The summed E-state index contributed by atoms with van der Waals surface area (Å²) in [7, 11) is 0. The number of nitrogens with two attached hydrogens (primary N) is 1. The molecule has 3 unspecified atom stereocenters. The number of carbonyl (C=O) groups excluding carboxylic acids is 1. The molecular formula is C25H42N2O5. The average molecular weight is 451 g/mol. The lowest BCUT2D eigenvalue weighted by Gasteiger charge is -2.61. The van der Waals surface area contributed by atoms with E-state index in [-0.39, 0.29) is 12.5 Å². The fourth-order valence-electron chi connectivity index (χ4n) is 9.01. The predicted molar refractivity (Wildman–Crippen MR) is 121 cm³/mol. The van der Waals surface area contributed by atoms with Gasteiger partial charge in [-0.3, -0.25) is 4.79 Å². The van der Waals surface area contributed by atoms with Gasteiger partial charge in [-0.2, -0.15) is 0 Å². The molecule has 182 valence electrons. The van der Waals surface area contributed by atoms with Crippen molar-refractivity contribution in [1.82, 2.24) is 5.32 Å². The van der Waals surface area contributed by atoms with Crippen LogP contribution in [-0.4, -0.2) is 48.1 Å². The molecule has 0 aromatic rings. The number of aliphatic carboxylic acids is 1. The van der Waals surface area contributed by atoms with Gasteiger partial charge < -0.3 is 26.0 Å². The van der Waals surface area contributed by atoms with Crippen LogP contribution in [0.25, 0.3) is 0 Å². The number of carbonyl (C=O) groups is 2. The van der Waals surface area contributed by atoms with Crippen LogP contribution in [0.2, 0.25) is 0 Å². The molecule has 32 heavy (non-hydrogen) atoms. The summed E-state index contributed by atoms with van der Waals surface area (Å²) < 4.78 is 5.74. The Labute approximate surface area is 191 Å². The standard InChI is InChI=1S/C25H42N2O5/c1-24-11-3-2-4-16(24)5-6-17-18(24)9-12-25(19(17)7-8-20(25)22(29)30)21(32-23(26)31)10-13-27-14-15-28/h16-21,27-28H,2-15H2,1H3,(H2,26,31)(H,29,30)/t16?,17-,18+,19+,20?,21?,24+,25-/m1/s1. The fraction of sp³-hybridized carbons (Fsp3) is 0.920. The molecule has 0 radical (unpaired) electrons. The van der Waals surface area contributed by atoms with E-state index >= 15 is 0 Å². The first-order valence-corrected chi connectivity index (χ1v) is 12.8. The molecule has 0 aliphatic heterocycles. The summed E-state index contributed by atoms with van der Waals surface area (Å²) in [5.74, 6) is 0.981. The topological polar surface area (TPSA) is 122 Å². The van der Waals surface area contributed by atoms with Crippen molar-refractivity contribution < 1.29 is 24.5 Å². The van der Waals surface area contributed by atoms with Gasteiger partial charge in [-0.15, -0.1) is 0 Å². The van der Waals surface area contributed by atoms with Gasteiger partial charge in [0.25, 0.3) is 0 Å². The second-order valence-corrected chi connectivity index (χ2v) is 11.2. The molecule has 0 saturated heterocycles. The third kappa shape index (κ3) is 3.93. The predicted octanol–water partition coefficient (Wildman–Crippen LogP) is 3.54. The quantitative estimate of drug-likeness (QED) is 0.420. The first kappa shape index (κ1) is 23.8. The molecule has 0 aromatic heterocycles. The van der Waals surface area contributed by atoms with Crippen LogP contribution in [0, 0.1) is 40.4 Å². The van der Waals surface area contributed by atoms with E-state index in [9.17, 15) is 14.7 Å². The zero-order valence-corrected chi connectivity index (χ0v) is 19.6. The van der Waals surface area contributed by atoms with Crippen LogP contribution in [0.3, 0.4) is 0 Å². The molecule has 0 spiro atoms. The number of rotatable bonds is 8. The Morgan fingerprint density at radius 1 is 1.06 bits per heavy atom. The van der Waals surface area contributed by atoms with Gasteiger partial charge in [-0.25, -0.2) is 4.79 Å². The fourth-order valence-corrected chi connectivity index (χ4v) is 9.01. The van der Waals surface area contributed by atoms with Crippen LogP contribution >= 0.6 is 0 Å². The Bertz CT molecular complexity index is 702. The lowest BCUT2D eigenvalue weighted by atomic mass is 9.43. The van der Waals surface area contributed by atoms with Gasteiger partial charge in [-0.1, -0.05) is 19.8 Å². The van der Waals surface area contributed by atoms with Crippen molar-refractivity contribution in [3.63, 3.8) is 0 Å². The Balaban J connectivity index is 1.65. The number of nitrogens with one attached hydrogen (secondary N) is 1. The van der Waals surface area contributed by atoms with E-state index in [2.05, 4.69) is 12.2 Å². The van der Waals surface area contributed by atoms with Gasteiger partial charge >= 0.3 is 12.1 Å². The number of fused-ring (bicyclic) bond motifs is 5. The van der Waals surface area contributed by atoms with Crippen molar-refractivity contribution in [2.24, 2.45) is 46.2 Å². The summed E-state index contributed by atoms with van der Waals surface area (Å²) in [6.07, 6.45) is 10.3. The molecule has 7 heteroatoms. The molecule has 5 N–H and O–H groups in total. The minimum atomic E-state index is -0.814. The Hall–Kier alpha value is -1.34. The molecule has 8 atom stereocenters. The molecular weight excluding hydrogens is 408 g/mol. The van der Waals surface area contributed by atoms with Crippen molar-refractivity contribution in [2.45, 2.75) is 83.7 Å². The molecule has 4 fully saturated rings. The van der Waals surface area contributed by atoms with E-state index < -0.39 is 29.5 Å². The van der Waals surface area contributed by atoms with Gasteiger partial charge in [0.2, 0.25) is 0 Å². The van der Waals surface area contributed by atoms with Crippen LogP contribution in [-0.2, 0) is 9.53 Å². The lowest BCUT2D eigenvalue weighted by molar-refractivity contribution is -0.171. The summed E-state index contributed by atoms with van der Waals surface area (Å²) in [5.41, 5.74) is 5.33. The van der Waals surface area contributed by atoms with Crippen molar-refractivity contribution >= 4 is 12.1 Å². The molecule has 4 aliphatic carbocycles. The molecule has 0 bridgehead atoms. The third-order valence-corrected chi connectivity index (χ3v) is 10.2. The Morgan fingerprint density at radius 2 is 1.88 bits per heavy atom. The number of hydrogen-bond acceptors (Lipinski definition) is 5. The SMILES string of the molecule is C[C@]12CCCCC1CC[C@H]1[C@@H]3CCC(C(=O)O)[C@@]3(C(CCNCCO)OC(N)=O)CC[C@@H]12. The van der Waals surface area contributed by atoms with Crippen molar-refractivity contribution in [3.8, 4) is 0 Å². The monoisotopic (exact) mass is 450 g/mol. The van der Waals surface area contributed by atoms with Gasteiger partial charge in [0.1, 0.15) is 6.10 Å². The zero-order chi connectivity index (χ0) is 22.9. The second-order valence-electron chi connectivity index (χ2n) is 11.2. The van der Waals surface area contributed by atoms with Crippen LogP contribution in [0.1, 0.15) is 77.6 Å². The van der Waals surface area contributed by atoms with E-state index in [0.29, 0.717) is 43.2 Å². The summed E-state index contributed by atoms with van der Waals surface area (Å²) in [6.45, 7) is 3.58. The Morgan fingerprint density at radius 3 is 2.59 bits per heavy atom. The van der Waals surface area contributed by atoms with E-state index in [1.807, 2.05) is 0 Å². The largest absolute Gasteiger partial charge is 0.481 e. The third-order valence-electron chi connectivity index (χ3n) is 10.2. The highest BCUT2D eigenvalue weighted by molar-refractivity contribution is 5.72. The Kier molecular flexibility index (Phi) is 7.06. The highest BCUT2D eigenvalue weighted by Gasteiger charge is 2.65. The first-order valence-electron chi connectivity index (χ1n) is 12.8. The minimum absolute atomic E-state index is 0.0381. The zero-order valence-electron chi connectivity index (χ0n) is 19.6. The number of carboxylic acid groups (broad SMARTS) is 1. The number of amides is 1. The van der Waals surface area contributed by atoms with E-state index in [1.165, 1.54) is 38.5 Å². The number of primary amides is 1. The van der Waals surface area contributed by atoms with Crippen molar-refractivity contribution in [3.05, 3.63) is 0 Å². The van der Waals surface area contributed by atoms with E-state index in [4.69, 9.17) is 15.6 Å². The van der Waals surface area contributed by atoms with Gasteiger partial charge in [0, 0.05) is 12.0 Å². The smallest absolute Gasteiger partial charge is 0.404 e. The molecule has 4 rings (SSSR count). The van der Waals surface area contributed by atoms with Crippen LogP contribution in [0.4, 0.5) is 4.79 Å². The number of carboxylic acids is 1. The number of hydrogen-bond donors (Lipinski definition) is 4. The minimum Gasteiger partial charge on any atom is -0.481 e. The van der Waals surface area contributed by atoms with Gasteiger partial charge in [-0.05, 0) is 93.4 Å². The molecule has 0 heterocycles. The number of aliphatic hydroxyl groups excluding tert-OH is 1. The van der Waals surface area contributed by atoms with E-state index in [1.54, 1.807) is 0 Å². The highest BCUT2D eigenvalue weighted by atomic mass is 16.6. The van der Waals surface area contributed by atoms with Crippen LogP contribution in [0.5, 0.6) is 0 Å². The maximum Gasteiger partial charge on any atom is 0.404 e. The molecule has 4 aliphatic rings. The summed E-state index contributed by atoms with van der Waals surface area (Å²) in [4.78, 5) is 24.4.